The smallest absolute Gasteiger partial charge is 0.243 e. The van der Waals surface area contributed by atoms with E-state index in [0.717, 1.165) is 24.2 Å². The predicted octanol–water partition coefficient (Wildman–Crippen LogP) is 2.98. The van der Waals surface area contributed by atoms with Gasteiger partial charge in [-0.3, -0.25) is 4.79 Å². The highest BCUT2D eigenvalue weighted by Crippen LogP contribution is 2.29. The van der Waals surface area contributed by atoms with Crippen molar-refractivity contribution in [1.82, 2.24) is 5.43 Å². The molecule has 1 fully saturated rings. The normalized spacial score (nSPS) is 14.4. The Labute approximate surface area is 131 Å². The Hall–Kier alpha value is -2.04. The van der Waals surface area contributed by atoms with E-state index in [2.05, 4.69) is 24.4 Å². The fourth-order valence-electron chi connectivity index (χ4n) is 1.86. The molecule has 1 aromatic rings. The Balaban J connectivity index is 2.00. The molecule has 0 atom stereocenters. The molecule has 1 saturated carbocycles. The molecular formula is C17H24N2O3. The van der Waals surface area contributed by atoms with Gasteiger partial charge in [-0.15, -0.1) is 0 Å². The average molecular weight is 304 g/mol. The molecule has 1 aromatic carbocycles. The van der Waals surface area contributed by atoms with Crippen LogP contribution in [0, 0.1) is 11.8 Å². The van der Waals surface area contributed by atoms with Gasteiger partial charge in [0.25, 0.3) is 0 Å². The summed E-state index contributed by atoms with van der Waals surface area (Å²) in [6, 6.07) is 5.63. The van der Waals surface area contributed by atoms with E-state index in [9.17, 15) is 4.79 Å². The molecule has 0 heterocycles. The van der Waals surface area contributed by atoms with E-state index in [4.69, 9.17) is 9.47 Å². The number of ether oxygens (including phenoxy) is 2. The summed E-state index contributed by atoms with van der Waals surface area (Å²) in [5.74, 6) is 2.03. The van der Waals surface area contributed by atoms with E-state index in [-0.39, 0.29) is 11.8 Å². The summed E-state index contributed by atoms with van der Waals surface area (Å²) in [5, 5.41) is 3.99. The van der Waals surface area contributed by atoms with E-state index >= 15 is 0 Å². The van der Waals surface area contributed by atoms with Crippen molar-refractivity contribution in [2.24, 2.45) is 16.9 Å². The first kappa shape index (κ1) is 16.3. The van der Waals surface area contributed by atoms with Crippen molar-refractivity contribution in [2.45, 2.75) is 33.6 Å². The van der Waals surface area contributed by atoms with Crippen molar-refractivity contribution in [1.29, 1.82) is 0 Å². The topological polar surface area (TPSA) is 59.9 Å². The molecule has 5 nitrogen and oxygen atoms in total. The molecule has 1 aliphatic carbocycles. The van der Waals surface area contributed by atoms with Gasteiger partial charge in [0.1, 0.15) is 0 Å². The number of hydrogen-bond acceptors (Lipinski definition) is 4. The molecule has 0 aromatic heterocycles. The molecule has 0 spiro atoms. The maximum absolute atomic E-state index is 11.5. The Morgan fingerprint density at radius 2 is 2.14 bits per heavy atom. The highest BCUT2D eigenvalue weighted by Gasteiger charge is 2.29. The third kappa shape index (κ3) is 5.06. The van der Waals surface area contributed by atoms with Crippen LogP contribution in [0.25, 0.3) is 0 Å². The summed E-state index contributed by atoms with van der Waals surface area (Å²) in [5.41, 5.74) is 3.42. The number of carbonyl (C=O) groups is 1. The summed E-state index contributed by atoms with van der Waals surface area (Å²) in [6.07, 6.45) is 3.56. The lowest BCUT2D eigenvalue weighted by Crippen LogP contribution is -2.18. The van der Waals surface area contributed by atoms with Crippen LogP contribution in [-0.2, 0) is 4.79 Å². The largest absolute Gasteiger partial charge is 0.490 e. The van der Waals surface area contributed by atoms with Gasteiger partial charge in [0.15, 0.2) is 11.5 Å². The first-order valence-electron chi connectivity index (χ1n) is 7.82. The maximum atomic E-state index is 11.5. The molecule has 1 amide bonds. The lowest BCUT2D eigenvalue weighted by atomic mass is 10.2. The number of carbonyl (C=O) groups excluding carboxylic acids is 1. The van der Waals surface area contributed by atoms with E-state index in [1.807, 2.05) is 25.1 Å². The summed E-state index contributed by atoms with van der Waals surface area (Å²) in [4.78, 5) is 11.5. The lowest BCUT2D eigenvalue weighted by molar-refractivity contribution is -0.122. The predicted molar refractivity (Wildman–Crippen MR) is 86.4 cm³/mol. The highest BCUT2D eigenvalue weighted by molar-refractivity contribution is 5.84. The van der Waals surface area contributed by atoms with Crippen LogP contribution in [0.2, 0.25) is 0 Å². The summed E-state index contributed by atoms with van der Waals surface area (Å²) in [6.45, 7) is 7.35. The van der Waals surface area contributed by atoms with Gasteiger partial charge >= 0.3 is 0 Å². The number of benzene rings is 1. The van der Waals surface area contributed by atoms with Crippen molar-refractivity contribution in [2.75, 3.05) is 13.2 Å². The van der Waals surface area contributed by atoms with Crippen molar-refractivity contribution in [3.8, 4) is 11.5 Å². The molecule has 22 heavy (non-hydrogen) atoms. The third-order valence-electron chi connectivity index (χ3n) is 3.18. The van der Waals surface area contributed by atoms with Crippen LogP contribution in [0.3, 0.4) is 0 Å². The molecule has 120 valence electrons. The first-order chi connectivity index (χ1) is 10.6. The standard InChI is InChI=1S/C17H24N2O3/c1-4-21-16-9-13(5-8-15(16)22-11-12(2)3)10-18-19-17(20)14-6-7-14/h5,8-10,12,14H,4,6-7,11H2,1-3H3,(H,19,20)/b18-10-. The minimum atomic E-state index is -0.00170. The quantitative estimate of drug-likeness (QED) is 0.593. The molecular weight excluding hydrogens is 280 g/mol. The Kier molecular flexibility index (Phi) is 5.81. The number of hydrazone groups is 1. The van der Waals surface area contributed by atoms with Crippen LogP contribution in [0.4, 0.5) is 0 Å². The lowest BCUT2D eigenvalue weighted by Gasteiger charge is -2.13. The highest BCUT2D eigenvalue weighted by atomic mass is 16.5. The van der Waals surface area contributed by atoms with Crippen LogP contribution in [0.15, 0.2) is 23.3 Å². The second-order valence-corrected chi connectivity index (χ2v) is 5.85. The number of amides is 1. The van der Waals surface area contributed by atoms with Gasteiger partial charge in [-0.1, -0.05) is 13.8 Å². The number of nitrogens with one attached hydrogen (secondary N) is 1. The molecule has 5 heteroatoms. The summed E-state index contributed by atoms with van der Waals surface area (Å²) in [7, 11) is 0. The van der Waals surface area contributed by atoms with Gasteiger partial charge in [-0.25, -0.2) is 5.43 Å². The molecule has 0 saturated heterocycles. The van der Waals surface area contributed by atoms with E-state index in [1.165, 1.54) is 0 Å². The number of rotatable bonds is 8. The fraction of sp³-hybridized carbons (Fsp3) is 0.529. The molecule has 1 N–H and O–H groups in total. The molecule has 0 bridgehead atoms. The zero-order chi connectivity index (χ0) is 15.9. The fourth-order valence-corrected chi connectivity index (χ4v) is 1.86. The van der Waals surface area contributed by atoms with Crippen LogP contribution >= 0.6 is 0 Å². The molecule has 0 unspecified atom stereocenters. The van der Waals surface area contributed by atoms with Crippen LogP contribution < -0.4 is 14.9 Å². The second-order valence-electron chi connectivity index (χ2n) is 5.85. The first-order valence-corrected chi connectivity index (χ1v) is 7.82. The van der Waals surface area contributed by atoms with Crippen molar-refractivity contribution >= 4 is 12.1 Å². The van der Waals surface area contributed by atoms with Gasteiger partial charge in [-0.05, 0) is 49.4 Å². The van der Waals surface area contributed by atoms with Crippen LogP contribution in [0.1, 0.15) is 39.2 Å². The number of nitrogens with zero attached hydrogens (tertiary/aromatic N) is 1. The van der Waals surface area contributed by atoms with E-state index in [1.54, 1.807) is 6.21 Å². The van der Waals surface area contributed by atoms with Gasteiger partial charge in [0, 0.05) is 5.92 Å². The van der Waals surface area contributed by atoms with Gasteiger partial charge in [0.2, 0.25) is 5.91 Å². The zero-order valence-electron chi connectivity index (χ0n) is 13.5. The van der Waals surface area contributed by atoms with Gasteiger partial charge < -0.3 is 9.47 Å². The van der Waals surface area contributed by atoms with Crippen LogP contribution in [0.5, 0.6) is 11.5 Å². The molecule has 1 aliphatic rings. The van der Waals surface area contributed by atoms with Gasteiger partial charge in [0.05, 0.1) is 19.4 Å². The van der Waals surface area contributed by atoms with Crippen molar-refractivity contribution in [3.05, 3.63) is 23.8 Å². The molecule has 0 radical (unpaired) electrons. The Morgan fingerprint density at radius 1 is 1.36 bits per heavy atom. The molecule has 2 rings (SSSR count). The Morgan fingerprint density at radius 3 is 2.77 bits per heavy atom. The second kappa shape index (κ2) is 7.82. The van der Waals surface area contributed by atoms with Crippen molar-refractivity contribution < 1.29 is 14.3 Å². The zero-order valence-corrected chi connectivity index (χ0v) is 13.5. The average Bonchev–Trinajstić information content (AvgIpc) is 3.31. The Bertz CT molecular complexity index is 537. The minimum Gasteiger partial charge on any atom is -0.490 e. The van der Waals surface area contributed by atoms with Gasteiger partial charge in [-0.2, -0.15) is 5.10 Å². The van der Waals surface area contributed by atoms with Crippen LogP contribution in [-0.4, -0.2) is 25.3 Å². The minimum absolute atomic E-state index is 0.00170. The number of hydrogen-bond donors (Lipinski definition) is 1. The summed E-state index contributed by atoms with van der Waals surface area (Å²) < 4.78 is 11.4. The maximum Gasteiger partial charge on any atom is 0.243 e. The van der Waals surface area contributed by atoms with E-state index < -0.39 is 0 Å². The third-order valence-corrected chi connectivity index (χ3v) is 3.18. The van der Waals surface area contributed by atoms with E-state index in [0.29, 0.717) is 24.9 Å². The monoisotopic (exact) mass is 304 g/mol. The van der Waals surface area contributed by atoms with Crippen molar-refractivity contribution in [3.63, 3.8) is 0 Å². The SMILES string of the molecule is CCOc1cc(/C=N\NC(=O)C2CC2)ccc1OCC(C)C. The molecule has 0 aliphatic heterocycles. The summed E-state index contributed by atoms with van der Waals surface area (Å²) >= 11 is 0.